The van der Waals surface area contributed by atoms with Crippen LogP contribution in [0.4, 0.5) is 9.18 Å². The number of benzene rings is 1. The summed E-state index contributed by atoms with van der Waals surface area (Å²) >= 11 is 1.69. The molecule has 2 N–H and O–H groups in total. The van der Waals surface area contributed by atoms with Gasteiger partial charge in [-0.3, -0.25) is 0 Å². The molecule has 0 spiro atoms. The molecule has 0 aliphatic carbocycles. The van der Waals surface area contributed by atoms with Crippen LogP contribution in [0.1, 0.15) is 12.0 Å². The third-order valence-electron chi connectivity index (χ3n) is 4.04. The molecule has 2 amide bonds. The molecule has 2 atom stereocenters. The van der Waals surface area contributed by atoms with Gasteiger partial charge in [-0.15, -0.1) is 0 Å². The van der Waals surface area contributed by atoms with Crippen LogP contribution in [0.3, 0.4) is 0 Å². The van der Waals surface area contributed by atoms with E-state index in [1.807, 2.05) is 0 Å². The van der Waals surface area contributed by atoms with Gasteiger partial charge in [0.25, 0.3) is 0 Å². The van der Waals surface area contributed by atoms with Crippen LogP contribution in [0.25, 0.3) is 0 Å². The molecule has 1 fully saturated rings. The molecule has 1 saturated heterocycles. The average Bonchev–Trinajstić information content (AvgIpc) is 2.84. The number of likely N-dealkylation sites (N-methyl/N-ethyl adjacent to an activating group) is 1. The normalized spacial score (nSPS) is 21.9. The van der Waals surface area contributed by atoms with Crippen molar-refractivity contribution < 1.29 is 22.7 Å². The molecule has 25 heavy (non-hydrogen) atoms. The zero-order valence-electron chi connectivity index (χ0n) is 14.0. The molecule has 2 rings (SSSR count). The Hall–Kier alpha value is -1.32. The number of carbonyl (C=O) groups is 1. The van der Waals surface area contributed by atoms with Crippen LogP contribution in [0.5, 0.6) is 0 Å². The maximum atomic E-state index is 12.8. The van der Waals surface area contributed by atoms with Crippen molar-refractivity contribution in [1.29, 1.82) is 0 Å². The molecular weight excluding hydrogens is 367 g/mol. The Morgan fingerprint density at radius 2 is 2.04 bits per heavy atom. The first kappa shape index (κ1) is 20.0. The Labute approximate surface area is 151 Å². The number of thioether (sulfide) groups is 1. The average molecular weight is 391 g/mol. The highest BCUT2D eigenvalue weighted by Crippen LogP contribution is 2.17. The van der Waals surface area contributed by atoms with Crippen molar-refractivity contribution in [3.8, 4) is 0 Å². The van der Waals surface area contributed by atoms with Crippen molar-refractivity contribution in [2.45, 2.75) is 24.3 Å². The molecule has 0 saturated carbocycles. The van der Waals surface area contributed by atoms with Crippen LogP contribution in [0.2, 0.25) is 0 Å². The molecular formula is C16H23FN2O4S2. The summed E-state index contributed by atoms with van der Waals surface area (Å²) in [5, 5.41) is 12.5. The second-order valence-corrected chi connectivity index (χ2v) is 9.35. The fraction of sp³-hybridized carbons (Fsp3) is 0.562. The monoisotopic (exact) mass is 390 g/mol. The molecule has 0 bridgehead atoms. The molecule has 9 heteroatoms. The van der Waals surface area contributed by atoms with E-state index in [4.69, 9.17) is 0 Å². The Morgan fingerprint density at radius 1 is 1.36 bits per heavy atom. The second kappa shape index (κ2) is 8.86. The molecule has 1 heterocycles. The summed E-state index contributed by atoms with van der Waals surface area (Å²) in [5.41, 5.74) is 1.05. The van der Waals surface area contributed by atoms with Crippen LogP contribution in [-0.2, 0) is 15.6 Å². The highest BCUT2D eigenvalue weighted by molar-refractivity contribution is 7.98. The molecule has 1 aromatic carbocycles. The van der Waals surface area contributed by atoms with Gasteiger partial charge in [0.15, 0.2) is 9.84 Å². The van der Waals surface area contributed by atoms with Crippen LogP contribution in [0.15, 0.2) is 24.3 Å². The van der Waals surface area contributed by atoms with E-state index in [1.54, 1.807) is 23.9 Å². The Balaban J connectivity index is 1.62. The third-order valence-corrected chi connectivity index (χ3v) is 6.85. The highest BCUT2D eigenvalue weighted by atomic mass is 32.2. The largest absolute Gasteiger partial charge is 0.390 e. The Morgan fingerprint density at radius 3 is 2.64 bits per heavy atom. The topological polar surface area (TPSA) is 86.7 Å². The van der Waals surface area contributed by atoms with Crippen LogP contribution >= 0.6 is 11.8 Å². The maximum Gasteiger partial charge on any atom is 0.317 e. The molecule has 140 valence electrons. The van der Waals surface area contributed by atoms with E-state index in [9.17, 15) is 22.7 Å². The number of rotatable bonds is 7. The summed E-state index contributed by atoms with van der Waals surface area (Å²) in [5.74, 6) is 0.865. The SMILES string of the molecule is CN(C(=O)NCCCSCc1ccc(F)cc1)[C@@H]1CS(=O)(=O)C[C@H]1O. The number of aliphatic hydroxyl groups excluding tert-OH is 1. The number of amides is 2. The van der Waals surface area contributed by atoms with Crippen molar-refractivity contribution in [1.82, 2.24) is 10.2 Å². The maximum absolute atomic E-state index is 12.8. The first-order valence-electron chi connectivity index (χ1n) is 8.00. The highest BCUT2D eigenvalue weighted by Gasteiger charge is 2.40. The zero-order valence-corrected chi connectivity index (χ0v) is 15.7. The molecule has 1 aliphatic heterocycles. The van der Waals surface area contributed by atoms with Gasteiger partial charge >= 0.3 is 6.03 Å². The predicted molar refractivity (Wildman–Crippen MR) is 96.8 cm³/mol. The number of nitrogens with one attached hydrogen (secondary N) is 1. The van der Waals surface area contributed by atoms with Crippen LogP contribution in [-0.4, -0.2) is 67.5 Å². The van der Waals surface area contributed by atoms with E-state index < -0.39 is 22.0 Å². The van der Waals surface area contributed by atoms with Gasteiger partial charge in [-0.25, -0.2) is 17.6 Å². The van der Waals surface area contributed by atoms with E-state index in [0.717, 1.165) is 23.5 Å². The van der Waals surface area contributed by atoms with Crippen molar-refractivity contribution in [2.75, 3.05) is 30.9 Å². The van der Waals surface area contributed by atoms with Gasteiger partial charge in [0, 0.05) is 19.3 Å². The minimum absolute atomic E-state index is 0.203. The summed E-state index contributed by atoms with van der Waals surface area (Å²) < 4.78 is 35.8. The zero-order chi connectivity index (χ0) is 18.4. The second-order valence-electron chi connectivity index (χ2n) is 6.09. The number of hydrogen-bond donors (Lipinski definition) is 2. The smallest absolute Gasteiger partial charge is 0.317 e. The molecule has 0 unspecified atom stereocenters. The third kappa shape index (κ3) is 6.16. The van der Waals surface area contributed by atoms with Gasteiger partial charge in [-0.2, -0.15) is 11.8 Å². The van der Waals surface area contributed by atoms with Crippen molar-refractivity contribution in [3.05, 3.63) is 35.6 Å². The number of urea groups is 1. The molecule has 1 aromatic rings. The summed E-state index contributed by atoms with van der Waals surface area (Å²) in [7, 11) is -1.79. The van der Waals surface area contributed by atoms with Crippen molar-refractivity contribution in [2.24, 2.45) is 0 Å². The number of halogens is 1. The number of aliphatic hydroxyl groups is 1. The first-order chi connectivity index (χ1) is 11.8. The number of carbonyl (C=O) groups excluding carboxylic acids is 1. The van der Waals surface area contributed by atoms with E-state index in [0.29, 0.717) is 6.54 Å². The van der Waals surface area contributed by atoms with E-state index in [-0.39, 0.29) is 23.4 Å². The number of nitrogens with zero attached hydrogens (tertiary/aromatic N) is 1. The first-order valence-corrected chi connectivity index (χ1v) is 11.0. The summed E-state index contributed by atoms with van der Waals surface area (Å²) in [6.07, 6.45) is -0.274. The molecule has 1 aliphatic rings. The fourth-order valence-corrected chi connectivity index (χ4v) is 5.36. The fourth-order valence-electron chi connectivity index (χ4n) is 2.60. The molecule has 0 radical (unpaired) electrons. The van der Waals surface area contributed by atoms with Gasteiger partial charge in [0.2, 0.25) is 0 Å². The lowest BCUT2D eigenvalue weighted by atomic mass is 10.2. The lowest BCUT2D eigenvalue weighted by Gasteiger charge is -2.26. The predicted octanol–water partition coefficient (Wildman–Crippen LogP) is 1.25. The Kier molecular flexibility index (Phi) is 7.09. The standard InChI is InChI=1S/C16H23FN2O4S2/c1-19(14-10-25(22,23)11-15(14)20)16(21)18-7-2-8-24-9-12-3-5-13(17)6-4-12/h3-6,14-15,20H,2,7-11H2,1H3,(H,18,21)/t14-,15-/m1/s1. The minimum Gasteiger partial charge on any atom is -0.390 e. The van der Waals surface area contributed by atoms with Gasteiger partial charge in [-0.05, 0) is 29.9 Å². The van der Waals surface area contributed by atoms with E-state index in [2.05, 4.69) is 5.32 Å². The van der Waals surface area contributed by atoms with Gasteiger partial charge in [0.05, 0.1) is 23.7 Å². The van der Waals surface area contributed by atoms with Crippen molar-refractivity contribution in [3.63, 3.8) is 0 Å². The summed E-state index contributed by atoms with van der Waals surface area (Å²) in [6.45, 7) is 0.467. The molecule has 0 aromatic heterocycles. The van der Waals surface area contributed by atoms with Gasteiger partial charge < -0.3 is 15.3 Å². The van der Waals surface area contributed by atoms with Crippen molar-refractivity contribution >= 4 is 27.6 Å². The van der Waals surface area contributed by atoms with Gasteiger partial charge in [0.1, 0.15) is 5.82 Å². The Bertz CT molecular complexity index is 682. The van der Waals surface area contributed by atoms with E-state index in [1.165, 1.54) is 24.1 Å². The number of hydrogen-bond acceptors (Lipinski definition) is 5. The van der Waals surface area contributed by atoms with Gasteiger partial charge in [-0.1, -0.05) is 12.1 Å². The quantitative estimate of drug-likeness (QED) is 0.685. The lowest BCUT2D eigenvalue weighted by Crippen LogP contribution is -2.48. The summed E-state index contributed by atoms with van der Waals surface area (Å²) in [6, 6.07) is 5.29. The van der Waals surface area contributed by atoms with Crippen LogP contribution < -0.4 is 5.32 Å². The van der Waals surface area contributed by atoms with Crippen LogP contribution in [0, 0.1) is 5.82 Å². The lowest BCUT2D eigenvalue weighted by molar-refractivity contribution is 0.110. The minimum atomic E-state index is -3.28. The summed E-state index contributed by atoms with van der Waals surface area (Å²) in [4.78, 5) is 13.3. The molecule has 6 nitrogen and oxygen atoms in total. The van der Waals surface area contributed by atoms with E-state index >= 15 is 0 Å². The number of sulfone groups is 1.